The van der Waals surface area contributed by atoms with Gasteiger partial charge in [-0.05, 0) is 62.0 Å². The lowest BCUT2D eigenvalue weighted by Crippen LogP contribution is -2.20. The maximum absolute atomic E-state index is 12.4. The lowest BCUT2D eigenvalue weighted by molar-refractivity contribution is 0.102. The van der Waals surface area contributed by atoms with Crippen LogP contribution in [-0.2, 0) is 10.0 Å². The molecule has 7 nitrogen and oxygen atoms in total. The summed E-state index contributed by atoms with van der Waals surface area (Å²) in [7, 11) is -2.25. The molecule has 1 amide bonds. The van der Waals surface area contributed by atoms with Crippen molar-refractivity contribution in [2.24, 2.45) is 0 Å². The Labute approximate surface area is 151 Å². The van der Waals surface area contributed by atoms with E-state index in [0.717, 1.165) is 5.69 Å². The number of nitrogens with zero attached hydrogens (tertiary/aromatic N) is 2. The first-order valence-corrected chi connectivity index (χ1v) is 9.34. The first kappa shape index (κ1) is 17.8. The number of hydrogen-bond donors (Lipinski definition) is 2. The molecule has 2 aromatic carbocycles. The Balaban J connectivity index is 1.81. The summed E-state index contributed by atoms with van der Waals surface area (Å²) in [5, 5.41) is 6.85. The van der Waals surface area contributed by atoms with Crippen molar-refractivity contribution in [2.75, 3.05) is 12.4 Å². The first-order valence-electron chi connectivity index (χ1n) is 7.86. The van der Waals surface area contributed by atoms with Crippen LogP contribution in [0.2, 0.25) is 0 Å². The number of aromatic nitrogens is 2. The van der Waals surface area contributed by atoms with Crippen LogP contribution in [0.25, 0.3) is 5.69 Å². The fraction of sp³-hybridized carbons (Fsp3) is 0.111. The molecule has 0 aliphatic heterocycles. The Morgan fingerprint density at radius 3 is 2.46 bits per heavy atom. The molecule has 0 saturated carbocycles. The van der Waals surface area contributed by atoms with E-state index in [1.165, 1.54) is 13.1 Å². The molecule has 0 atom stereocenters. The van der Waals surface area contributed by atoms with E-state index in [1.54, 1.807) is 54.2 Å². The van der Waals surface area contributed by atoms with E-state index in [-0.39, 0.29) is 10.8 Å². The van der Waals surface area contributed by atoms with Crippen LogP contribution in [0.1, 0.15) is 15.9 Å². The zero-order valence-electron chi connectivity index (χ0n) is 14.3. The minimum absolute atomic E-state index is 0.131. The average molecular weight is 370 g/mol. The van der Waals surface area contributed by atoms with E-state index < -0.39 is 10.0 Å². The largest absolute Gasteiger partial charge is 0.322 e. The maximum Gasteiger partial charge on any atom is 0.255 e. The first-order chi connectivity index (χ1) is 12.4. The van der Waals surface area contributed by atoms with Gasteiger partial charge in [-0.1, -0.05) is 6.07 Å². The third-order valence-corrected chi connectivity index (χ3v) is 5.46. The van der Waals surface area contributed by atoms with Crippen LogP contribution in [0, 0.1) is 6.92 Å². The molecule has 0 saturated heterocycles. The van der Waals surface area contributed by atoms with Gasteiger partial charge in [-0.15, -0.1) is 0 Å². The van der Waals surface area contributed by atoms with Gasteiger partial charge >= 0.3 is 0 Å². The molecule has 3 rings (SSSR count). The summed E-state index contributed by atoms with van der Waals surface area (Å²) in [6.45, 7) is 1.70. The highest BCUT2D eigenvalue weighted by Crippen LogP contribution is 2.20. The Morgan fingerprint density at radius 1 is 1.12 bits per heavy atom. The zero-order chi connectivity index (χ0) is 18.7. The normalized spacial score (nSPS) is 11.3. The van der Waals surface area contributed by atoms with Crippen LogP contribution in [0.15, 0.2) is 65.8 Å². The number of anilines is 1. The Kier molecular flexibility index (Phi) is 4.88. The summed E-state index contributed by atoms with van der Waals surface area (Å²) >= 11 is 0. The van der Waals surface area contributed by atoms with Gasteiger partial charge < -0.3 is 5.32 Å². The Bertz CT molecular complexity index is 1030. The van der Waals surface area contributed by atoms with E-state index in [0.29, 0.717) is 16.8 Å². The van der Waals surface area contributed by atoms with Gasteiger partial charge in [-0.2, -0.15) is 5.10 Å². The predicted molar refractivity (Wildman–Crippen MR) is 98.9 cm³/mol. The number of benzene rings is 2. The fourth-order valence-electron chi connectivity index (χ4n) is 2.47. The SMILES string of the molecule is CNS(=O)(=O)c1cc(NC(=O)c2ccc(-n3cccn3)cc2)ccc1C. The van der Waals surface area contributed by atoms with Gasteiger partial charge in [0.25, 0.3) is 5.91 Å². The van der Waals surface area contributed by atoms with Gasteiger partial charge in [0.2, 0.25) is 10.0 Å². The molecular formula is C18H18N4O3S. The van der Waals surface area contributed by atoms with Crippen molar-refractivity contribution >= 4 is 21.6 Å². The molecule has 8 heteroatoms. The topological polar surface area (TPSA) is 93.1 Å². The fourth-order valence-corrected chi connectivity index (χ4v) is 3.46. The van der Waals surface area contributed by atoms with Crippen molar-refractivity contribution in [1.82, 2.24) is 14.5 Å². The molecule has 0 radical (unpaired) electrons. The lowest BCUT2D eigenvalue weighted by Gasteiger charge is -2.11. The van der Waals surface area contributed by atoms with Crippen LogP contribution in [-0.4, -0.2) is 31.2 Å². The van der Waals surface area contributed by atoms with Crippen molar-refractivity contribution in [3.8, 4) is 5.69 Å². The molecule has 0 aliphatic rings. The maximum atomic E-state index is 12.4. The molecule has 1 aromatic heterocycles. The summed E-state index contributed by atoms with van der Waals surface area (Å²) in [5.74, 6) is -0.325. The van der Waals surface area contributed by atoms with Crippen molar-refractivity contribution in [1.29, 1.82) is 0 Å². The smallest absolute Gasteiger partial charge is 0.255 e. The summed E-state index contributed by atoms with van der Waals surface area (Å²) in [5.41, 5.74) is 2.30. The third-order valence-electron chi connectivity index (χ3n) is 3.90. The molecule has 26 heavy (non-hydrogen) atoms. The Hall–Kier alpha value is -2.97. The van der Waals surface area contributed by atoms with Crippen LogP contribution < -0.4 is 10.0 Å². The van der Waals surface area contributed by atoms with Crippen LogP contribution in [0.5, 0.6) is 0 Å². The second-order valence-corrected chi connectivity index (χ2v) is 7.49. The molecule has 134 valence electrons. The average Bonchev–Trinajstić information content (AvgIpc) is 3.18. The highest BCUT2D eigenvalue weighted by Gasteiger charge is 2.16. The number of sulfonamides is 1. The molecule has 2 N–H and O–H groups in total. The summed E-state index contributed by atoms with van der Waals surface area (Å²) in [4.78, 5) is 12.6. The van der Waals surface area contributed by atoms with Gasteiger partial charge in [0, 0.05) is 23.6 Å². The van der Waals surface area contributed by atoms with E-state index in [1.807, 2.05) is 12.3 Å². The second kappa shape index (κ2) is 7.11. The van der Waals surface area contributed by atoms with E-state index >= 15 is 0 Å². The summed E-state index contributed by atoms with van der Waals surface area (Å²) in [6, 6.07) is 13.5. The zero-order valence-corrected chi connectivity index (χ0v) is 15.1. The number of rotatable bonds is 5. The highest BCUT2D eigenvalue weighted by atomic mass is 32.2. The molecule has 0 spiro atoms. The minimum atomic E-state index is -3.59. The monoisotopic (exact) mass is 370 g/mol. The van der Waals surface area contributed by atoms with Crippen LogP contribution >= 0.6 is 0 Å². The number of amides is 1. The van der Waals surface area contributed by atoms with Gasteiger partial charge in [0.15, 0.2) is 0 Å². The molecule has 0 unspecified atom stereocenters. The number of nitrogens with one attached hydrogen (secondary N) is 2. The van der Waals surface area contributed by atoms with E-state index in [9.17, 15) is 13.2 Å². The summed E-state index contributed by atoms with van der Waals surface area (Å²) < 4.78 is 28.1. The second-order valence-electron chi connectivity index (χ2n) is 5.64. The molecule has 1 heterocycles. The third kappa shape index (κ3) is 3.66. The Morgan fingerprint density at radius 2 is 1.85 bits per heavy atom. The molecule has 0 bridgehead atoms. The number of carbonyl (C=O) groups is 1. The highest BCUT2D eigenvalue weighted by molar-refractivity contribution is 7.89. The van der Waals surface area contributed by atoms with Crippen molar-refractivity contribution in [2.45, 2.75) is 11.8 Å². The number of aryl methyl sites for hydroxylation is 1. The van der Waals surface area contributed by atoms with Gasteiger partial charge in [0.05, 0.1) is 10.6 Å². The van der Waals surface area contributed by atoms with Gasteiger partial charge in [-0.25, -0.2) is 17.8 Å². The molecule has 0 aliphatic carbocycles. The van der Waals surface area contributed by atoms with Gasteiger partial charge in [0.1, 0.15) is 0 Å². The van der Waals surface area contributed by atoms with Crippen molar-refractivity contribution in [3.05, 3.63) is 72.1 Å². The lowest BCUT2D eigenvalue weighted by atomic mass is 10.1. The van der Waals surface area contributed by atoms with Crippen LogP contribution in [0.4, 0.5) is 5.69 Å². The van der Waals surface area contributed by atoms with Crippen molar-refractivity contribution < 1.29 is 13.2 Å². The summed E-state index contributed by atoms with van der Waals surface area (Å²) in [6.07, 6.45) is 3.49. The molecule has 3 aromatic rings. The number of hydrogen-bond acceptors (Lipinski definition) is 4. The standard InChI is InChI=1S/C18H18N4O3S/c1-13-4-7-15(12-17(13)26(24,25)19-2)21-18(23)14-5-8-16(9-6-14)22-11-3-10-20-22/h3-12,19H,1-2H3,(H,21,23). The predicted octanol–water partition coefficient (Wildman–Crippen LogP) is 2.34. The van der Waals surface area contributed by atoms with Gasteiger partial charge in [-0.3, -0.25) is 4.79 Å². The minimum Gasteiger partial charge on any atom is -0.322 e. The molecule has 0 fully saturated rings. The quantitative estimate of drug-likeness (QED) is 0.721. The van der Waals surface area contributed by atoms with E-state index in [2.05, 4.69) is 15.1 Å². The van der Waals surface area contributed by atoms with Crippen molar-refractivity contribution in [3.63, 3.8) is 0 Å². The number of carbonyl (C=O) groups excluding carboxylic acids is 1. The van der Waals surface area contributed by atoms with E-state index in [4.69, 9.17) is 0 Å². The molecular weight excluding hydrogens is 352 g/mol. The van der Waals surface area contributed by atoms with Crippen LogP contribution in [0.3, 0.4) is 0 Å².